The lowest BCUT2D eigenvalue weighted by atomic mass is 10.3. The van der Waals surface area contributed by atoms with Gasteiger partial charge < -0.3 is 0 Å². The van der Waals surface area contributed by atoms with Crippen LogP contribution in [0.5, 0.6) is 0 Å². The Labute approximate surface area is 103 Å². The molecule has 0 N–H and O–H groups in total. The molecular weight excluding hydrogens is 236 g/mol. The van der Waals surface area contributed by atoms with Crippen molar-refractivity contribution < 1.29 is 4.79 Å². The van der Waals surface area contributed by atoms with E-state index >= 15 is 0 Å². The van der Waals surface area contributed by atoms with Crippen molar-refractivity contribution in [3.8, 4) is 0 Å². The Balaban J connectivity index is 2.39. The van der Waals surface area contributed by atoms with Crippen molar-refractivity contribution in [3.63, 3.8) is 0 Å². The molecule has 0 aliphatic rings. The molecule has 0 saturated carbocycles. The third-order valence-electron chi connectivity index (χ3n) is 2.29. The van der Waals surface area contributed by atoms with Gasteiger partial charge in [-0.1, -0.05) is 0 Å². The molecule has 2 aromatic heterocycles. The van der Waals surface area contributed by atoms with E-state index in [1.165, 1.54) is 11.8 Å². The van der Waals surface area contributed by atoms with Crippen LogP contribution in [0.1, 0.15) is 21.7 Å². The first-order chi connectivity index (χ1) is 8.11. The molecule has 2 rings (SSSR count). The Hall–Kier alpha value is -1.69. The monoisotopic (exact) mass is 248 g/mol. The average molecular weight is 248 g/mol. The minimum Gasteiger partial charge on any atom is -0.298 e. The highest BCUT2D eigenvalue weighted by Gasteiger charge is 2.14. The topological polar surface area (TPSA) is 60.7 Å². The first-order valence-corrected chi connectivity index (χ1v) is 5.89. The lowest BCUT2D eigenvalue weighted by Gasteiger charge is -2.01. The molecule has 5 nitrogen and oxygen atoms in total. The highest BCUT2D eigenvalue weighted by molar-refractivity contribution is 7.99. The molecule has 17 heavy (non-hydrogen) atoms. The van der Waals surface area contributed by atoms with Crippen molar-refractivity contribution in [2.45, 2.75) is 24.0 Å². The van der Waals surface area contributed by atoms with Crippen molar-refractivity contribution in [2.24, 2.45) is 7.05 Å². The van der Waals surface area contributed by atoms with Gasteiger partial charge in [-0.15, -0.1) is 0 Å². The van der Waals surface area contributed by atoms with Gasteiger partial charge in [0.2, 0.25) is 0 Å². The summed E-state index contributed by atoms with van der Waals surface area (Å²) in [5.74, 6) is 0. The summed E-state index contributed by atoms with van der Waals surface area (Å²) in [4.78, 5) is 19.5. The van der Waals surface area contributed by atoms with Gasteiger partial charge in [-0.05, 0) is 31.7 Å². The van der Waals surface area contributed by atoms with E-state index in [9.17, 15) is 4.79 Å². The van der Waals surface area contributed by atoms with E-state index in [0.717, 1.165) is 22.7 Å². The predicted octanol–water partition coefficient (Wildman–Crippen LogP) is 1.79. The maximum Gasteiger partial charge on any atom is 0.194 e. The molecule has 0 unspecified atom stereocenters. The van der Waals surface area contributed by atoms with Crippen molar-refractivity contribution in [1.29, 1.82) is 0 Å². The zero-order valence-corrected chi connectivity index (χ0v) is 10.7. The van der Waals surface area contributed by atoms with Crippen molar-refractivity contribution >= 4 is 18.0 Å². The molecule has 2 aromatic rings. The normalized spacial score (nSPS) is 10.5. The summed E-state index contributed by atoms with van der Waals surface area (Å²) in [6.45, 7) is 3.71. The summed E-state index contributed by atoms with van der Waals surface area (Å²) in [6.07, 6.45) is 2.52. The second-order valence-electron chi connectivity index (χ2n) is 3.63. The fraction of sp³-hybridized carbons (Fsp3) is 0.273. The Kier molecular flexibility index (Phi) is 3.23. The molecule has 0 fully saturated rings. The van der Waals surface area contributed by atoms with E-state index in [4.69, 9.17) is 0 Å². The standard InChI is InChI=1S/C11H12N4OS/c1-7-4-5-12-11(13-7)17-10-9(6-16)8(2)14-15(10)3/h4-6H,1-3H3. The Morgan fingerprint density at radius 2 is 2.18 bits per heavy atom. The lowest BCUT2D eigenvalue weighted by Crippen LogP contribution is -1.95. The van der Waals surface area contributed by atoms with Crippen molar-refractivity contribution in [1.82, 2.24) is 19.7 Å². The van der Waals surface area contributed by atoms with Gasteiger partial charge >= 0.3 is 0 Å². The van der Waals surface area contributed by atoms with Crippen LogP contribution >= 0.6 is 11.8 Å². The second kappa shape index (κ2) is 4.67. The van der Waals surface area contributed by atoms with E-state index in [1.54, 1.807) is 17.9 Å². The Bertz CT molecular complexity index is 565. The molecular formula is C11H12N4OS. The molecule has 0 saturated heterocycles. The molecule has 0 bridgehead atoms. The van der Waals surface area contributed by atoms with Gasteiger partial charge in [-0.2, -0.15) is 5.10 Å². The van der Waals surface area contributed by atoms with Gasteiger partial charge in [0.15, 0.2) is 11.4 Å². The van der Waals surface area contributed by atoms with Gasteiger partial charge in [0.05, 0.1) is 11.3 Å². The first-order valence-electron chi connectivity index (χ1n) is 5.08. The van der Waals surface area contributed by atoms with Gasteiger partial charge in [0.1, 0.15) is 5.03 Å². The van der Waals surface area contributed by atoms with Crippen LogP contribution in [0, 0.1) is 13.8 Å². The van der Waals surface area contributed by atoms with Crippen LogP contribution in [-0.4, -0.2) is 26.0 Å². The first kappa shape index (κ1) is 11.8. The summed E-state index contributed by atoms with van der Waals surface area (Å²) < 4.78 is 1.68. The van der Waals surface area contributed by atoms with Gasteiger partial charge in [-0.3, -0.25) is 9.48 Å². The largest absolute Gasteiger partial charge is 0.298 e. The zero-order chi connectivity index (χ0) is 12.4. The number of nitrogens with zero attached hydrogens (tertiary/aromatic N) is 4. The molecule has 88 valence electrons. The van der Waals surface area contributed by atoms with Gasteiger partial charge in [0, 0.05) is 18.9 Å². The summed E-state index contributed by atoms with van der Waals surface area (Å²) in [5, 5.41) is 5.60. The number of carbonyl (C=O) groups excluding carboxylic acids is 1. The number of aromatic nitrogens is 4. The van der Waals surface area contributed by atoms with E-state index in [1.807, 2.05) is 19.9 Å². The fourth-order valence-corrected chi connectivity index (χ4v) is 2.43. The molecule has 0 atom stereocenters. The number of hydrogen-bond acceptors (Lipinski definition) is 5. The molecule has 2 heterocycles. The van der Waals surface area contributed by atoms with Crippen LogP contribution in [0.4, 0.5) is 0 Å². The molecule has 0 aromatic carbocycles. The third-order valence-corrected chi connectivity index (χ3v) is 3.35. The minimum atomic E-state index is 0.600. The average Bonchev–Trinajstić information content (AvgIpc) is 2.53. The second-order valence-corrected chi connectivity index (χ2v) is 4.58. The minimum absolute atomic E-state index is 0.600. The van der Waals surface area contributed by atoms with Crippen molar-refractivity contribution in [3.05, 3.63) is 29.2 Å². The number of hydrogen-bond donors (Lipinski definition) is 0. The zero-order valence-electron chi connectivity index (χ0n) is 9.84. The van der Waals surface area contributed by atoms with Crippen LogP contribution in [0.3, 0.4) is 0 Å². The maximum absolute atomic E-state index is 11.0. The highest BCUT2D eigenvalue weighted by Crippen LogP contribution is 2.28. The Morgan fingerprint density at radius 3 is 2.82 bits per heavy atom. The SMILES string of the molecule is Cc1ccnc(Sc2c(C=O)c(C)nn2C)n1. The molecule has 6 heteroatoms. The van der Waals surface area contributed by atoms with E-state index in [2.05, 4.69) is 15.1 Å². The Morgan fingerprint density at radius 1 is 1.41 bits per heavy atom. The van der Waals surface area contributed by atoms with Crippen LogP contribution in [0.25, 0.3) is 0 Å². The summed E-state index contributed by atoms with van der Waals surface area (Å²) in [5.41, 5.74) is 2.22. The smallest absolute Gasteiger partial charge is 0.194 e. The number of aryl methyl sites for hydroxylation is 3. The number of aldehydes is 1. The van der Waals surface area contributed by atoms with Crippen molar-refractivity contribution in [2.75, 3.05) is 0 Å². The molecule has 0 spiro atoms. The highest BCUT2D eigenvalue weighted by atomic mass is 32.2. The summed E-state index contributed by atoms with van der Waals surface area (Å²) in [7, 11) is 1.80. The van der Waals surface area contributed by atoms with Gasteiger partial charge in [0.25, 0.3) is 0 Å². The summed E-state index contributed by atoms with van der Waals surface area (Å²) >= 11 is 1.35. The van der Waals surface area contributed by atoms with Crippen LogP contribution < -0.4 is 0 Å². The molecule has 0 aliphatic heterocycles. The number of rotatable bonds is 3. The molecule has 0 amide bonds. The third kappa shape index (κ3) is 2.36. The molecule has 0 aliphatic carbocycles. The maximum atomic E-state index is 11.0. The van der Waals surface area contributed by atoms with E-state index < -0.39 is 0 Å². The van der Waals surface area contributed by atoms with E-state index in [0.29, 0.717) is 10.7 Å². The predicted molar refractivity (Wildman–Crippen MR) is 64.2 cm³/mol. The van der Waals surface area contributed by atoms with Crippen LogP contribution in [-0.2, 0) is 7.05 Å². The van der Waals surface area contributed by atoms with Crippen LogP contribution in [0.15, 0.2) is 22.4 Å². The fourth-order valence-electron chi connectivity index (χ4n) is 1.47. The number of carbonyl (C=O) groups is 1. The quantitative estimate of drug-likeness (QED) is 0.612. The van der Waals surface area contributed by atoms with E-state index in [-0.39, 0.29) is 0 Å². The lowest BCUT2D eigenvalue weighted by molar-refractivity contribution is 0.112. The summed E-state index contributed by atoms with van der Waals surface area (Å²) in [6, 6.07) is 1.83. The molecule has 0 radical (unpaired) electrons. The van der Waals surface area contributed by atoms with Gasteiger partial charge in [-0.25, -0.2) is 9.97 Å². The van der Waals surface area contributed by atoms with Crippen LogP contribution in [0.2, 0.25) is 0 Å².